The monoisotopic (exact) mass is 229 g/mol. The van der Waals surface area contributed by atoms with E-state index in [4.69, 9.17) is 0 Å². The molecule has 1 aromatic rings. The minimum Gasteiger partial charge on any atom is -0.310 e. The van der Waals surface area contributed by atoms with Gasteiger partial charge in [-0.2, -0.15) is 0 Å². The second-order valence-corrected chi connectivity index (χ2v) is 5.69. The van der Waals surface area contributed by atoms with Gasteiger partial charge in [0.25, 0.3) is 0 Å². The van der Waals surface area contributed by atoms with Gasteiger partial charge in [0.05, 0.1) is 0 Å². The molecule has 0 bridgehead atoms. The highest BCUT2D eigenvalue weighted by molar-refractivity contribution is 5.21. The van der Waals surface area contributed by atoms with Crippen LogP contribution in [0, 0.1) is 11.8 Å². The summed E-state index contributed by atoms with van der Waals surface area (Å²) in [5, 5.41) is 3.72. The lowest BCUT2D eigenvalue weighted by Crippen LogP contribution is -2.24. The summed E-state index contributed by atoms with van der Waals surface area (Å²) in [6, 6.07) is 11.7. The molecule has 2 fully saturated rings. The number of rotatable bonds is 2. The first-order chi connectivity index (χ1) is 8.45. The lowest BCUT2D eigenvalue weighted by Gasteiger charge is -2.31. The van der Waals surface area contributed by atoms with E-state index in [1.54, 1.807) is 0 Å². The van der Waals surface area contributed by atoms with Gasteiger partial charge in [0, 0.05) is 6.04 Å². The minimum atomic E-state index is 0.624. The molecule has 1 saturated heterocycles. The Morgan fingerprint density at radius 1 is 0.882 bits per heavy atom. The van der Waals surface area contributed by atoms with Gasteiger partial charge in [-0.05, 0) is 30.4 Å². The molecule has 0 spiro atoms. The Hall–Kier alpha value is -0.820. The van der Waals surface area contributed by atoms with Crippen molar-refractivity contribution >= 4 is 0 Å². The van der Waals surface area contributed by atoms with Crippen molar-refractivity contribution < 1.29 is 0 Å². The van der Waals surface area contributed by atoms with Gasteiger partial charge in [-0.15, -0.1) is 0 Å². The van der Waals surface area contributed by atoms with Gasteiger partial charge >= 0.3 is 0 Å². The van der Waals surface area contributed by atoms with E-state index in [0.717, 1.165) is 11.8 Å². The van der Waals surface area contributed by atoms with Gasteiger partial charge in [-0.3, -0.25) is 0 Å². The van der Waals surface area contributed by atoms with Gasteiger partial charge in [-0.1, -0.05) is 62.4 Å². The number of hydrogen-bond acceptors (Lipinski definition) is 1. The normalized spacial score (nSPS) is 30.6. The molecule has 2 atom stereocenters. The quantitative estimate of drug-likeness (QED) is 0.810. The molecule has 1 heteroatoms. The van der Waals surface area contributed by atoms with Crippen LogP contribution in [0.3, 0.4) is 0 Å². The molecule has 1 aliphatic carbocycles. The summed E-state index contributed by atoms with van der Waals surface area (Å²) in [4.78, 5) is 0. The second-order valence-electron chi connectivity index (χ2n) is 5.69. The third kappa shape index (κ3) is 2.40. The van der Waals surface area contributed by atoms with Crippen LogP contribution in [0.1, 0.15) is 50.1 Å². The molecule has 1 saturated carbocycles. The van der Waals surface area contributed by atoms with Crippen LogP contribution in [0.25, 0.3) is 0 Å². The first-order valence-electron chi connectivity index (χ1n) is 7.23. The fourth-order valence-corrected chi connectivity index (χ4v) is 3.82. The van der Waals surface area contributed by atoms with E-state index < -0.39 is 0 Å². The van der Waals surface area contributed by atoms with Crippen LogP contribution < -0.4 is 5.32 Å². The number of benzene rings is 1. The second kappa shape index (κ2) is 5.22. The van der Waals surface area contributed by atoms with Crippen LogP contribution in [0.5, 0.6) is 0 Å². The van der Waals surface area contributed by atoms with Crippen molar-refractivity contribution in [2.24, 2.45) is 11.8 Å². The fraction of sp³-hybridized carbons (Fsp3) is 0.625. The summed E-state index contributed by atoms with van der Waals surface area (Å²) in [5.41, 5.74) is 1.50. The Kier molecular flexibility index (Phi) is 3.46. The summed E-state index contributed by atoms with van der Waals surface area (Å²) in [6.45, 7) is 1.21. The first kappa shape index (κ1) is 11.3. The maximum atomic E-state index is 3.72. The van der Waals surface area contributed by atoms with E-state index in [1.165, 1.54) is 50.6 Å². The molecule has 0 radical (unpaired) electrons. The largest absolute Gasteiger partial charge is 0.310 e. The molecule has 3 rings (SSSR count). The molecule has 0 amide bonds. The number of nitrogens with one attached hydrogen (secondary N) is 1. The van der Waals surface area contributed by atoms with Crippen molar-refractivity contribution in [2.75, 3.05) is 6.54 Å². The topological polar surface area (TPSA) is 12.0 Å². The van der Waals surface area contributed by atoms with E-state index in [2.05, 4.69) is 35.6 Å². The molecule has 0 aromatic heterocycles. The third-order valence-electron chi connectivity index (χ3n) is 4.68. The van der Waals surface area contributed by atoms with Gasteiger partial charge in [0.15, 0.2) is 0 Å². The van der Waals surface area contributed by atoms with Gasteiger partial charge in [0.2, 0.25) is 0 Å². The molecule has 2 unspecified atom stereocenters. The van der Waals surface area contributed by atoms with Crippen LogP contribution in [0.15, 0.2) is 30.3 Å². The van der Waals surface area contributed by atoms with Crippen molar-refractivity contribution in [1.82, 2.24) is 5.32 Å². The Morgan fingerprint density at radius 2 is 1.65 bits per heavy atom. The van der Waals surface area contributed by atoms with Crippen LogP contribution in [0.4, 0.5) is 0 Å². The van der Waals surface area contributed by atoms with Crippen LogP contribution in [-0.2, 0) is 0 Å². The van der Waals surface area contributed by atoms with Crippen LogP contribution in [-0.4, -0.2) is 6.54 Å². The van der Waals surface area contributed by atoms with E-state index in [0.29, 0.717) is 6.04 Å². The third-order valence-corrected chi connectivity index (χ3v) is 4.68. The van der Waals surface area contributed by atoms with E-state index in [1.807, 2.05) is 0 Å². The zero-order chi connectivity index (χ0) is 11.5. The molecule has 1 aliphatic heterocycles. The summed E-state index contributed by atoms with van der Waals surface area (Å²) < 4.78 is 0. The van der Waals surface area contributed by atoms with Gasteiger partial charge in [0.1, 0.15) is 0 Å². The van der Waals surface area contributed by atoms with Gasteiger partial charge < -0.3 is 5.32 Å². The minimum absolute atomic E-state index is 0.624. The molecule has 1 heterocycles. The molecule has 17 heavy (non-hydrogen) atoms. The number of hydrogen-bond donors (Lipinski definition) is 1. The molecule has 1 nitrogen and oxygen atoms in total. The van der Waals surface area contributed by atoms with Crippen molar-refractivity contribution in [3.63, 3.8) is 0 Å². The summed E-state index contributed by atoms with van der Waals surface area (Å²) in [7, 11) is 0. The predicted octanol–water partition coefficient (Wildman–Crippen LogP) is 3.92. The lowest BCUT2D eigenvalue weighted by molar-refractivity contribution is 0.229. The highest BCUT2D eigenvalue weighted by Gasteiger charge is 2.34. The van der Waals surface area contributed by atoms with Crippen LogP contribution >= 0.6 is 0 Å². The fourth-order valence-electron chi connectivity index (χ4n) is 3.82. The van der Waals surface area contributed by atoms with Gasteiger partial charge in [-0.25, -0.2) is 0 Å². The van der Waals surface area contributed by atoms with Crippen molar-refractivity contribution in [1.29, 1.82) is 0 Å². The lowest BCUT2D eigenvalue weighted by atomic mass is 9.75. The molecular weight excluding hydrogens is 206 g/mol. The highest BCUT2D eigenvalue weighted by atomic mass is 15.0. The smallest absolute Gasteiger partial charge is 0.0351 e. The average molecular weight is 229 g/mol. The Bertz CT molecular complexity index is 340. The molecule has 1 N–H and O–H groups in total. The zero-order valence-corrected chi connectivity index (χ0v) is 10.6. The van der Waals surface area contributed by atoms with Crippen molar-refractivity contribution in [3.05, 3.63) is 35.9 Å². The highest BCUT2D eigenvalue weighted by Crippen LogP contribution is 2.41. The standard InChI is InChI=1S/C16H23N/c1-3-7-13(8-4-1)15-11-12-17-16(15)14-9-5-2-6-10-14/h2,5-6,9-10,13,15-17H,1,3-4,7-8,11-12H2. The summed E-state index contributed by atoms with van der Waals surface area (Å²) in [5.74, 6) is 1.86. The maximum Gasteiger partial charge on any atom is 0.0351 e. The molecular formula is C16H23N. The Labute approximate surface area is 105 Å². The van der Waals surface area contributed by atoms with Crippen molar-refractivity contribution in [2.45, 2.75) is 44.6 Å². The SMILES string of the molecule is c1ccc(C2NCCC2C2CCCCC2)cc1. The predicted molar refractivity (Wildman–Crippen MR) is 71.9 cm³/mol. The van der Waals surface area contributed by atoms with E-state index in [9.17, 15) is 0 Å². The molecule has 1 aromatic carbocycles. The Morgan fingerprint density at radius 3 is 2.41 bits per heavy atom. The average Bonchev–Trinajstić information content (AvgIpc) is 2.90. The Balaban J connectivity index is 1.75. The van der Waals surface area contributed by atoms with Crippen molar-refractivity contribution in [3.8, 4) is 0 Å². The summed E-state index contributed by atoms with van der Waals surface area (Å²) >= 11 is 0. The molecule has 92 valence electrons. The molecule has 2 aliphatic rings. The maximum absolute atomic E-state index is 3.72. The zero-order valence-electron chi connectivity index (χ0n) is 10.6. The van der Waals surface area contributed by atoms with E-state index in [-0.39, 0.29) is 0 Å². The van der Waals surface area contributed by atoms with E-state index >= 15 is 0 Å². The van der Waals surface area contributed by atoms with Crippen LogP contribution in [0.2, 0.25) is 0 Å². The first-order valence-corrected chi connectivity index (χ1v) is 7.23. The summed E-state index contributed by atoms with van der Waals surface area (Å²) in [6.07, 6.45) is 8.70.